The van der Waals surface area contributed by atoms with Crippen molar-refractivity contribution in [3.05, 3.63) is 47.3 Å². The lowest BCUT2D eigenvalue weighted by Crippen LogP contribution is -2.31. The van der Waals surface area contributed by atoms with Crippen LogP contribution in [0.3, 0.4) is 0 Å². The molecule has 0 fully saturated rings. The van der Waals surface area contributed by atoms with E-state index < -0.39 is 10.0 Å². The van der Waals surface area contributed by atoms with E-state index in [1.165, 1.54) is 12.1 Å². The summed E-state index contributed by atoms with van der Waals surface area (Å²) in [5.74, 6) is 0. The van der Waals surface area contributed by atoms with Gasteiger partial charge in [-0.2, -0.15) is 10.4 Å². The number of nitriles is 1. The van der Waals surface area contributed by atoms with Crippen LogP contribution in [-0.4, -0.2) is 18.2 Å². The molecule has 1 aliphatic carbocycles. The number of fused-ring (bicyclic) bond motifs is 1. The first-order valence-corrected chi connectivity index (χ1v) is 8.53. The smallest absolute Gasteiger partial charge is 0.241 e. The molecule has 1 heterocycles. The Morgan fingerprint density at radius 3 is 3.05 bits per heavy atom. The lowest BCUT2D eigenvalue weighted by molar-refractivity contribution is 0.498. The van der Waals surface area contributed by atoms with Gasteiger partial charge in [-0.25, -0.2) is 13.1 Å². The van der Waals surface area contributed by atoms with E-state index in [1.807, 2.05) is 13.1 Å². The number of benzene rings is 1. The Bertz CT molecular complexity index is 849. The van der Waals surface area contributed by atoms with E-state index in [9.17, 15) is 8.42 Å². The lowest BCUT2D eigenvalue weighted by atomic mass is 9.94. The number of hydrogen-bond acceptors (Lipinski definition) is 4. The van der Waals surface area contributed by atoms with Gasteiger partial charge in [0.15, 0.2) is 0 Å². The minimum Gasteiger partial charge on any atom is -0.272 e. The van der Waals surface area contributed by atoms with E-state index in [0.717, 1.165) is 30.5 Å². The van der Waals surface area contributed by atoms with Crippen molar-refractivity contribution >= 4 is 10.0 Å². The monoisotopic (exact) mass is 316 g/mol. The first kappa shape index (κ1) is 14.8. The van der Waals surface area contributed by atoms with Crippen molar-refractivity contribution in [3.63, 3.8) is 0 Å². The molecule has 1 N–H and O–H groups in total. The number of aryl methyl sites for hydroxylation is 1. The van der Waals surface area contributed by atoms with Gasteiger partial charge < -0.3 is 0 Å². The number of sulfonamides is 1. The SMILES string of the molecule is Cn1ncc2c1CCCC2NS(=O)(=O)c1cccc(C#N)c1. The van der Waals surface area contributed by atoms with E-state index in [1.54, 1.807) is 23.0 Å². The zero-order chi connectivity index (χ0) is 15.7. The highest BCUT2D eigenvalue weighted by atomic mass is 32.2. The molecule has 0 saturated heterocycles. The van der Waals surface area contributed by atoms with E-state index in [0.29, 0.717) is 5.56 Å². The zero-order valence-corrected chi connectivity index (χ0v) is 13.0. The molecule has 1 aromatic carbocycles. The Hall–Kier alpha value is -2.17. The molecular formula is C15H16N4O2S. The summed E-state index contributed by atoms with van der Waals surface area (Å²) in [6.45, 7) is 0. The quantitative estimate of drug-likeness (QED) is 0.932. The maximum absolute atomic E-state index is 12.5. The average molecular weight is 316 g/mol. The first-order valence-electron chi connectivity index (χ1n) is 7.04. The van der Waals surface area contributed by atoms with Crippen LogP contribution in [0.25, 0.3) is 0 Å². The minimum atomic E-state index is -3.66. The van der Waals surface area contributed by atoms with Gasteiger partial charge in [-0.05, 0) is 37.5 Å². The van der Waals surface area contributed by atoms with Gasteiger partial charge in [0.25, 0.3) is 0 Å². The number of rotatable bonds is 3. The molecule has 1 atom stereocenters. The van der Waals surface area contributed by atoms with Gasteiger partial charge >= 0.3 is 0 Å². The van der Waals surface area contributed by atoms with Gasteiger partial charge in [-0.15, -0.1) is 0 Å². The Morgan fingerprint density at radius 2 is 2.27 bits per heavy atom. The Labute approximate surface area is 129 Å². The molecule has 0 bridgehead atoms. The van der Waals surface area contributed by atoms with Crippen LogP contribution >= 0.6 is 0 Å². The Balaban J connectivity index is 1.91. The Kier molecular flexibility index (Phi) is 3.72. The third-order valence-corrected chi connectivity index (χ3v) is 5.42. The van der Waals surface area contributed by atoms with Crippen LogP contribution in [0.5, 0.6) is 0 Å². The minimum absolute atomic E-state index is 0.113. The van der Waals surface area contributed by atoms with Crippen molar-refractivity contribution in [1.29, 1.82) is 5.26 Å². The topological polar surface area (TPSA) is 87.8 Å². The molecule has 7 heteroatoms. The highest BCUT2D eigenvalue weighted by Crippen LogP contribution is 2.30. The van der Waals surface area contributed by atoms with Gasteiger partial charge in [0, 0.05) is 18.3 Å². The molecule has 114 valence electrons. The summed E-state index contributed by atoms with van der Waals surface area (Å²) in [6, 6.07) is 7.72. The second kappa shape index (κ2) is 5.55. The third-order valence-electron chi connectivity index (χ3n) is 3.95. The number of aromatic nitrogens is 2. The largest absolute Gasteiger partial charge is 0.272 e. The Morgan fingerprint density at radius 1 is 1.45 bits per heavy atom. The maximum Gasteiger partial charge on any atom is 0.241 e. The van der Waals surface area contributed by atoms with E-state index in [-0.39, 0.29) is 10.9 Å². The molecule has 0 radical (unpaired) electrons. The summed E-state index contributed by atoms with van der Waals surface area (Å²) < 4.78 is 29.6. The summed E-state index contributed by atoms with van der Waals surface area (Å²) in [5, 5.41) is 13.1. The van der Waals surface area contributed by atoms with Crippen LogP contribution in [-0.2, 0) is 23.5 Å². The highest BCUT2D eigenvalue weighted by Gasteiger charge is 2.28. The molecule has 6 nitrogen and oxygen atoms in total. The number of hydrogen-bond donors (Lipinski definition) is 1. The van der Waals surface area contributed by atoms with E-state index in [2.05, 4.69) is 9.82 Å². The van der Waals surface area contributed by atoms with Crippen molar-refractivity contribution in [2.24, 2.45) is 7.05 Å². The van der Waals surface area contributed by atoms with Crippen molar-refractivity contribution in [2.45, 2.75) is 30.2 Å². The van der Waals surface area contributed by atoms with Crippen molar-refractivity contribution in [3.8, 4) is 6.07 Å². The maximum atomic E-state index is 12.5. The molecule has 0 saturated carbocycles. The number of nitrogens with zero attached hydrogens (tertiary/aromatic N) is 3. The molecule has 3 rings (SSSR count). The molecule has 1 unspecified atom stereocenters. The zero-order valence-electron chi connectivity index (χ0n) is 12.2. The third kappa shape index (κ3) is 2.63. The average Bonchev–Trinajstić information content (AvgIpc) is 2.90. The van der Waals surface area contributed by atoms with Crippen LogP contribution in [0.1, 0.15) is 35.7 Å². The second-order valence-corrected chi connectivity index (χ2v) is 7.09. The fraction of sp³-hybridized carbons (Fsp3) is 0.333. The molecule has 0 aliphatic heterocycles. The number of nitrogens with one attached hydrogen (secondary N) is 1. The first-order chi connectivity index (χ1) is 10.5. The molecule has 22 heavy (non-hydrogen) atoms. The van der Waals surface area contributed by atoms with Gasteiger partial charge in [0.05, 0.1) is 28.8 Å². The lowest BCUT2D eigenvalue weighted by Gasteiger charge is -2.23. The van der Waals surface area contributed by atoms with Crippen LogP contribution in [0.15, 0.2) is 35.4 Å². The van der Waals surface area contributed by atoms with Crippen molar-refractivity contribution in [2.75, 3.05) is 0 Å². The molecular weight excluding hydrogens is 300 g/mol. The van der Waals surface area contributed by atoms with Gasteiger partial charge in [0.1, 0.15) is 0 Å². The van der Waals surface area contributed by atoms with Crippen LogP contribution in [0.4, 0.5) is 0 Å². The summed E-state index contributed by atoms with van der Waals surface area (Å²) in [7, 11) is -1.80. The predicted octanol–water partition coefficient (Wildman–Crippen LogP) is 1.65. The van der Waals surface area contributed by atoms with Crippen LogP contribution < -0.4 is 4.72 Å². The van der Waals surface area contributed by atoms with Crippen LogP contribution in [0, 0.1) is 11.3 Å². The molecule has 0 spiro atoms. The predicted molar refractivity (Wildman–Crippen MR) is 80.4 cm³/mol. The standard InChI is InChI=1S/C15H16N4O2S/c1-19-15-7-3-6-14(13(15)10-17-19)18-22(20,21)12-5-2-4-11(8-12)9-16/h2,4-5,8,10,14,18H,3,6-7H2,1H3. The normalized spacial score (nSPS) is 17.7. The van der Waals surface area contributed by atoms with Gasteiger partial charge in [0.2, 0.25) is 10.0 Å². The van der Waals surface area contributed by atoms with Crippen molar-refractivity contribution < 1.29 is 8.42 Å². The summed E-state index contributed by atoms with van der Waals surface area (Å²) in [6.07, 6.45) is 4.30. The molecule has 0 amide bonds. The van der Waals surface area contributed by atoms with E-state index in [4.69, 9.17) is 5.26 Å². The molecule has 1 aliphatic rings. The molecule has 1 aromatic heterocycles. The molecule has 2 aromatic rings. The highest BCUT2D eigenvalue weighted by molar-refractivity contribution is 7.89. The summed E-state index contributed by atoms with van der Waals surface area (Å²) in [5.41, 5.74) is 2.34. The summed E-state index contributed by atoms with van der Waals surface area (Å²) >= 11 is 0. The van der Waals surface area contributed by atoms with Crippen LogP contribution in [0.2, 0.25) is 0 Å². The summed E-state index contributed by atoms with van der Waals surface area (Å²) in [4.78, 5) is 0.113. The second-order valence-electron chi connectivity index (χ2n) is 5.38. The van der Waals surface area contributed by atoms with Gasteiger partial charge in [-0.1, -0.05) is 6.07 Å². The van der Waals surface area contributed by atoms with Crippen molar-refractivity contribution in [1.82, 2.24) is 14.5 Å². The van der Waals surface area contributed by atoms with E-state index >= 15 is 0 Å². The fourth-order valence-corrected chi connectivity index (χ4v) is 4.11. The fourth-order valence-electron chi connectivity index (χ4n) is 2.82. The van der Waals surface area contributed by atoms with Gasteiger partial charge in [-0.3, -0.25) is 4.68 Å².